The maximum Gasteiger partial charge on any atom is 0.416 e. The second-order valence-electron chi connectivity index (χ2n) is 7.43. The summed E-state index contributed by atoms with van der Waals surface area (Å²) in [6.45, 7) is -0.360. The van der Waals surface area contributed by atoms with Gasteiger partial charge in [-0.3, -0.25) is 0 Å². The van der Waals surface area contributed by atoms with Gasteiger partial charge in [-0.05, 0) is 36.2 Å². The van der Waals surface area contributed by atoms with Crippen LogP contribution in [0.4, 0.5) is 22.0 Å². The van der Waals surface area contributed by atoms with E-state index >= 15 is 4.39 Å². The second kappa shape index (κ2) is 8.70. The standard InChI is InChI=1S/C21H17F5N6O/c22-16-4-1-14(2-5-16)7-19(32-13-28-11-30-32)20(33,9-31-12-27-10-29-31)17-6-3-15(8-18(17)23)21(24,25)26/h1-6,8,10-13,19,33H,7,9H2. The molecule has 4 rings (SSSR count). The summed E-state index contributed by atoms with van der Waals surface area (Å²) in [5.41, 5.74) is -3.16. The van der Waals surface area contributed by atoms with Crippen LogP contribution in [0.3, 0.4) is 0 Å². The normalized spacial score (nSPS) is 14.7. The quantitative estimate of drug-likeness (QED) is 0.423. The van der Waals surface area contributed by atoms with Crippen LogP contribution >= 0.6 is 0 Å². The Morgan fingerprint density at radius 1 is 0.909 bits per heavy atom. The van der Waals surface area contributed by atoms with Gasteiger partial charge in [0.1, 0.15) is 42.5 Å². The van der Waals surface area contributed by atoms with Crippen molar-refractivity contribution in [2.24, 2.45) is 0 Å². The fourth-order valence-electron chi connectivity index (χ4n) is 3.68. The molecule has 0 radical (unpaired) electrons. The molecule has 0 bridgehead atoms. The number of hydrogen-bond donors (Lipinski definition) is 1. The molecule has 0 aliphatic rings. The van der Waals surface area contributed by atoms with Crippen molar-refractivity contribution in [3.8, 4) is 0 Å². The van der Waals surface area contributed by atoms with Crippen molar-refractivity contribution in [2.75, 3.05) is 0 Å². The molecule has 2 heterocycles. The van der Waals surface area contributed by atoms with E-state index in [4.69, 9.17) is 0 Å². The first kappa shape index (κ1) is 22.5. The van der Waals surface area contributed by atoms with Gasteiger partial charge in [0.15, 0.2) is 0 Å². The number of nitrogens with zero attached hydrogens (tertiary/aromatic N) is 6. The highest BCUT2D eigenvalue weighted by Crippen LogP contribution is 2.40. The molecule has 0 spiro atoms. The molecule has 0 fully saturated rings. The van der Waals surface area contributed by atoms with Crippen molar-refractivity contribution in [3.63, 3.8) is 0 Å². The lowest BCUT2D eigenvalue weighted by Crippen LogP contribution is -2.43. The van der Waals surface area contributed by atoms with Crippen molar-refractivity contribution >= 4 is 0 Å². The predicted molar refractivity (Wildman–Crippen MR) is 104 cm³/mol. The van der Waals surface area contributed by atoms with E-state index in [-0.39, 0.29) is 13.0 Å². The topological polar surface area (TPSA) is 81.6 Å². The van der Waals surface area contributed by atoms with E-state index in [0.29, 0.717) is 17.7 Å². The molecule has 0 aliphatic heterocycles. The Balaban J connectivity index is 1.85. The molecule has 0 saturated heterocycles. The Morgan fingerprint density at radius 2 is 1.61 bits per heavy atom. The fourth-order valence-corrected chi connectivity index (χ4v) is 3.68. The Hall–Kier alpha value is -3.67. The molecule has 1 N–H and O–H groups in total. The molecule has 33 heavy (non-hydrogen) atoms. The number of aromatic nitrogens is 6. The van der Waals surface area contributed by atoms with Gasteiger partial charge in [-0.2, -0.15) is 23.4 Å². The molecule has 2 atom stereocenters. The maximum absolute atomic E-state index is 15.1. The summed E-state index contributed by atoms with van der Waals surface area (Å²) in [6.07, 6.45) is 0.245. The smallest absolute Gasteiger partial charge is 0.381 e. The number of aliphatic hydroxyl groups is 1. The van der Waals surface area contributed by atoms with E-state index < -0.39 is 40.6 Å². The van der Waals surface area contributed by atoms with Crippen LogP contribution in [-0.2, 0) is 24.7 Å². The summed E-state index contributed by atoms with van der Waals surface area (Å²) in [4.78, 5) is 7.68. The average molecular weight is 464 g/mol. The van der Waals surface area contributed by atoms with Crippen LogP contribution in [0.5, 0.6) is 0 Å². The van der Waals surface area contributed by atoms with Gasteiger partial charge in [-0.15, -0.1) is 0 Å². The van der Waals surface area contributed by atoms with Crippen molar-refractivity contribution in [3.05, 3.63) is 96.1 Å². The molecule has 7 nitrogen and oxygen atoms in total. The molecule has 12 heteroatoms. The summed E-state index contributed by atoms with van der Waals surface area (Å²) in [7, 11) is 0. The zero-order valence-electron chi connectivity index (χ0n) is 16.9. The van der Waals surface area contributed by atoms with Crippen LogP contribution in [0.25, 0.3) is 0 Å². The molecular weight excluding hydrogens is 447 g/mol. The first-order valence-corrected chi connectivity index (χ1v) is 9.67. The molecule has 172 valence electrons. The SMILES string of the molecule is OC(Cn1cncn1)(c1ccc(C(F)(F)F)cc1F)C(Cc1ccc(F)cc1)n1cncn1. The molecule has 4 aromatic rings. The van der Waals surface area contributed by atoms with Crippen LogP contribution in [0.15, 0.2) is 67.8 Å². The van der Waals surface area contributed by atoms with Gasteiger partial charge in [-0.1, -0.05) is 18.2 Å². The Kier molecular flexibility index (Phi) is 5.93. The Labute approximate surface area is 184 Å². The molecule has 0 amide bonds. The zero-order chi connectivity index (χ0) is 23.6. The highest BCUT2D eigenvalue weighted by Gasteiger charge is 2.44. The van der Waals surface area contributed by atoms with E-state index in [1.807, 2.05) is 0 Å². The minimum absolute atomic E-state index is 0.0231. The molecule has 2 unspecified atom stereocenters. The van der Waals surface area contributed by atoms with E-state index in [0.717, 1.165) is 6.07 Å². The van der Waals surface area contributed by atoms with E-state index in [1.54, 1.807) is 0 Å². The fraction of sp³-hybridized carbons (Fsp3) is 0.238. The second-order valence-corrected chi connectivity index (χ2v) is 7.43. The first-order chi connectivity index (χ1) is 15.7. The maximum atomic E-state index is 15.1. The minimum atomic E-state index is -4.76. The molecule has 0 aliphatic carbocycles. The Bertz CT molecular complexity index is 1200. The monoisotopic (exact) mass is 464 g/mol. The number of hydrogen-bond acceptors (Lipinski definition) is 5. The van der Waals surface area contributed by atoms with Crippen LogP contribution in [0, 0.1) is 11.6 Å². The largest absolute Gasteiger partial charge is 0.416 e. The summed E-state index contributed by atoms with van der Waals surface area (Å²) in [6, 6.07) is 6.28. The minimum Gasteiger partial charge on any atom is -0.381 e. The summed E-state index contributed by atoms with van der Waals surface area (Å²) >= 11 is 0. The van der Waals surface area contributed by atoms with Crippen LogP contribution in [0.2, 0.25) is 0 Å². The van der Waals surface area contributed by atoms with Crippen LogP contribution in [0.1, 0.15) is 22.7 Å². The molecular formula is C21H17F5N6O. The van der Waals surface area contributed by atoms with Crippen LogP contribution < -0.4 is 0 Å². The first-order valence-electron chi connectivity index (χ1n) is 9.67. The lowest BCUT2D eigenvalue weighted by atomic mass is 9.82. The summed E-state index contributed by atoms with van der Waals surface area (Å²) in [5.74, 6) is -1.72. The van der Waals surface area contributed by atoms with Crippen molar-refractivity contribution in [1.29, 1.82) is 0 Å². The van der Waals surface area contributed by atoms with Gasteiger partial charge in [0.2, 0.25) is 0 Å². The van der Waals surface area contributed by atoms with E-state index in [2.05, 4.69) is 20.2 Å². The number of alkyl halides is 3. The number of benzene rings is 2. The van der Waals surface area contributed by atoms with Gasteiger partial charge >= 0.3 is 6.18 Å². The molecule has 2 aromatic carbocycles. The molecule has 2 aromatic heterocycles. The van der Waals surface area contributed by atoms with Gasteiger partial charge in [0, 0.05) is 5.56 Å². The van der Waals surface area contributed by atoms with Crippen molar-refractivity contribution < 1.29 is 27.1 Å². The zero-order valence-corrected chi connectivity index (χ0v) is 16.9. The van der Waals surface area contributed by atoms with Crippen LogP contribution in [-0.4, -0.2) is 34.6 Å². The number of halogens is 5. The average Bonchev–Trinajstić information content (AvgIpc) is 3.46. The van der Waals surface area contributed by atoms with Crippen molar-refractivity contribution in [2.45, 2.75) is 30.8 Å². The van der Waals surface area contributed by atoms with Gasteiger partial charge in [0.25, 0.3) is 0 Å². The highest BCUT2D eigenvalue weighted by atomic mass is 19.4. The van der Waals surface area contributed by atoms with Gasteiger partial charge in [-0.25, -0.2) is 28.1 Å². The van der Waals surface area contributed by atoms with Gasteiger partial charge in [0.05, 0.1) is 18.2 Å². The third-order valence-electron chi connectivity index (χ3n) is 5.28. The highest BCUT2D eigenvalue weighted by molar-refractivity contribution is 5.32. The molecule has 0 saturated carbocycles. The lowest BCUT2D eigenvalue weighted by molar-refractivity contribution is -0.137. The predicted octanol–water partition coefficient (Wildman–Crippen LogP) is 3.54. The Morgan fingerprint density at radius 3 is 2.18 bits per heavy atom. The van der Waals surface area contributed by atoms with Crippen molar-refractivity contribution in [1.82, 2.24) is 29.5 Å². The third kappa shape index (κ3) is 4.75. The summed E-state index contributed by atoms with van der Waals surface area (Å²) in [5, 5.41) is 19.9. The third-order valence-corrected chi connectivity index (χ3v) is 5.28. The lowest BCUT2D eigenvalue weighted by Gasteiger charge is -2.37. The van der Waals surface area contributed by atoms with E-state index in [1.165, 1.54) is 58.9 Å². The summed E-state index contributed by atoms with van der Waals surface area (Å²) < 4.78 is 70.3. The van der Waals surface area contributed by atoms with E-state index in [9.17, 15) is 22.7 Å². The van der Waals surface area contributed by atoms with Gasteiger partial charge < -0.3 is 5.11 Å². The number of rotatable bonds is 7.